The number of hydrogen-bond acceptors (Lipinski definition) is 1. The number of rotatable bonds is 6. The van der Waals surface area contributed by atoms with E-state index in [-0.39, 0.29) is 0 Å². The van der Waals surface area contributed by atoms with Crippen molar-refractivity contribution in [3.05, 3.63) is 34.9 Å². The molecular formula is C13H19BrS. The van der Waals surface area contributed by atoms with E-state index < -0.39 is 0 Å². The smallest absolute Gasteiger partial charge is 0.0184 e. The Kier molecular flexibility index (Phi) is 6.42. The lowest BCUT2D eigenvalue weighted by molar-refractivity contribution is 0.912. The Bertz CT molecular complexity index is 276. The molecule has 0 radical (unpaired) electrons. The van der Waals surface area contributed by atoms with Gasteiger partial charge in [0.15, 0.2) is 0 Å². The normalized spacial score (nSPS) is 10.6. The number of hydrogen-bond donors (Lipinski definition) is 0. The highest BCUT2D eigenvalue weighted by Crippen LogP contribution is 2.17. The number of thioether (sulfide) groups is 1. The van der Waals surface area contributed by atoms with Crippen molar-refractivity contribution < 1.29 is 0 Å². The van der Waals surface area contributed by atoms with Gasteiger partial charge in [0.25, 0.3) is 0 Å². The molecule has 0 fully saturated rings. The van der Waals surface area contributed by atoms with E-state index in [0.29, 0.717) is 0 Å². The molecule has 0 aromatic heterocycles. The maximum Gasteiger partial charge on any atom is 0.0184 e. The van der Waals surface area contributed by atoms with Crippen molar-refractivity contribution in [2.75, 3.05) is 11.1 Å². The molecule has 0 saturated heterocycles. The summed E-state index contributed by atoms with van der Waals surface area (Å²) in [6.45, 7) is 4.35. The fourth-order valence-corrected chi connectivity index (χ4v) is 2.99. The Labute approximate surface area is 106 Å². The van der Waals surface area contributed by atoms with E-state index in [4.69, 9.17) is 0 Å². The zero-order valence-electron chi connectivity index (χ0n) is 9.55. The highest BCUT2D eigenvalue weighted by molar-refractivity contribution is 9.09. The van der Waals surface area contributed by atoms with E-state index in [1.54, 1.807) is 0 Å². The first-order valence-corrected chi connectivity index (χ1v) is 7.71. The van der Waals surface area contributed by atoms with Crippen LogP contribution in [0.5, 0.6) is 0 Å². The maximum atomic E-state index is 3.46. The molecule has 15 heavy (non-hydrogen) atoms. The zero-order valence-corrected chi connectivity index (χ0v) is 12.0. The molecule has 0 nitrogen and oxygen atoms in total. The first-order valence-electron chi connectivity index (χ1n) is 5.43. The van der Waals surface area contributed by atoms with Gasteiger partial charge in [-0.3, -0.25) is 0 Å². The SMILES string of the molecule is Cc1cc(C)cc(CSCCCCBr)c1. The van der Waals surface area contributed by atoms with Gasteiger partial charge in [0.2, 0.25) is 0 Å². The van der Waals surface area contributed by atoms with E-state index in [9.17, 15) is 0 Å². The van der Waals surface area contributed by atoms with E-state index in [0.717, 1.165) is 11.1 Å². The fraction of sp³-hybridized carbons (Fsp3) is 0.538. The second-order valence-electron chi connectivity index (χ2n) is 3.94. The largest absolute Gasteiger partial charge is 0.157 e. The lowest BCUT2D eigenvalue weighted by Crippen LogP contribution is -1.87. The lowest BCUT2D eigenvalue weighted by Gasteiger charge is -2.04. The summed E-state index contributed by atoms with van der Waals surface area (Å²) in [7, 11) is 0. The molecule has 0 spiro atoms. The second kappa shape index (κ2) is 7.34. The Balaban J connectivity index is 2.31. The van der Waals surface area contributed by atoms with Crippen LogP contribution in [0.1, 0.15) is 29.5 Å². The van der Waals surface area contributed by atoms with Gasteiger partial charge in [-0.2, -0.15) is 11.8 Å². The van der Waals surface area contributed by atoms with Gasteiger partial charge in [-0.25, -0.2) is 0 Å². The monoisotopic (exact) mass is 286 g/mol. The first-order chi connectivity index (χ1) is 7.22. The zero-order chi connectivity index (χ0) is 11.1. The Morgan fingerprint density at radius 3 is 2.33 bits per heavy atom. The van der Waals surface area contributed by atoms with Crippen LogP contribution in [0.3, 0.4) is 0 Å². The number of unbranched alkanes of at least 4 members (excludes halogenated alkanes) is 1. The number of benzene rings is 1. The van der Waals surface area contributed by atoms with Gasteiger partial charge in [0.1, 0.15) is 0 Å². The van der Waals surface area contributed by atoms with Crippen LogP contribution in [0, 0.1) is 13.8 Å². The number of halogens is 1. The van der Waals surface area contributed by atoms with Gasteiger partial charge < -0.3 is 0 Å². The summed E-state index contributed by atoms with van der Waals surface area (Å²) in [6, 6.07) is 6.83. The van der Waals surface area contributed by atoms with E-state index in [1.165, 1.54) is 35.3 Å². The molecule has 0 saturated carbocycles. The molecular weight excluding hydrogens is 268 g/mol. The summed E-state index contributed by atoms with van der Waals surface area (Å²) in [4.78, 5) is 0. The van der Waals surface area contributed by atoms with Crippen molar-refractivity contribution in [2.45, 2.75) is 32.4 Å². The first kappa shape index (κ1) is 13.1. The second-order valence-corrected chi connectivity index (χ2v) is 5.84. The van der Waals surface area contributed by atoms with Crippen LogP contribution in [0.4, 0.5) is 0 Å². The van der Waals surface area contributed by atoms with Crippen LogP contribution in [0.2, 0.25) is 0 Å². The lowest BCUT2D eigenvalue weighted by atomic mass is 10.1. The molecule has 0 N–H and O–H groups in total. The van der Waals surface area contributed by atoms with Crippen LogP contribution < -0.4 is 0 Å². The van der Waals surface area contributed by atoms with Gasteiger partial charge in [-0.05, 0) is 38.0 Å². The molecule has 0 amide bonds. The Hall–Kier alpha value is 0.0500. The van der Waals surface area contributed by atoms with Crippen molar-refractivity contribution in [3.63, 3.8) is 0 Å². The molecule has 0 atom stereocenters. The summed E-state index contributed by atoms with van der Waals surface area (Å²) in [5.41, 5.74) is 4.23. The van der Waals surface area contributed by atoms with Gasteiger partial charge in [-0.15, -0.1) is 0 Å². The van der Waals surface area contributed by atoms with Crippen LogP contribution >= 0.6 is 27.7 Å². The molecule has 0 bridgehead atoms. The quantitative estimate of drug-likeness (QED) is 0.539. The summed E-state index contributed by atoms with van der Waals surface area (Å²) >= 11 is 5.50. The molecule has 1 aromatic carbocycles. The van der Waals surface area contributed by atoms with Crippen molar-refractivity contribution in [2.24, 2.45) is 0 Å². The predicted octanol–water partition coefficient (Wildman–Crippen LogP) is 4.71. The standard InChI is InChI=1S/C13H19BrS/c1-11-7-12(2)9-13(8-11)10-15-6-4-3-5-14/h7-9H,3-6,10H2,1-2H3. The third-order valence-electron chi connectivity index (χ3n) is 2.22. The fourth-order valence-electron chi connectivity index (χ4n) is 1.64. The van der Waals surface area contributed by atoms with Gasteiger partial charge in [-0.1, -0.05) is 45.3 Å². The third kappa shape index (κ3) is 5.62. The summed E-state index contributed by atoms with van der Waals surface area (Å²) in [6.07, 6.45) is 2.61. The molecule has 1 aromatic rings. The van der Waals surface area contributed by atoms with Crippen LogP contribution in [0.25, 0.3) is 0 Å². The van der Waals surface area contributed by atoms with Crippen molar-refractivity contribution in [1.29, 1.82) is 0 Å². The van der Waals surface area contributed by atoms with Crippen molar-refractivity contribution in [3.8, 4) is 0 Å². The maximum absolute atomic E-state index is 3.46. The summed E-state index contributed by atoms with van der Waals surface area (Å²) < 4.78 is 0. The van der Waals surface area contributed by atoms with Crippen molar-refractivity contribution in [1.82, 2.24) is 0 Å². The van der Waals surface area contributed by atoms with Gasteiger partial charge in [0, 0.05) is 11.1 Å². The molecule has 0 aliphatic rings. The average Bonchev–Trinajstić information content (AvgIpc) is 2.16. The number of aryl methyl sites for hydroxylation is 2. The minimum absolute atomic E-state index is 1.14. The van der Waals surface area contributed by atoms with Crippen molar-refractivity contribution >= 4 is 27.7 Å². The molecule has 2 heteroatoms. The van der Waals surface area contributed by atoms with Gasteiger partial charge in [0.05, 0.1) is 0 Å². The minimum atomic E-state index is 1.14. The Morgan fingerprint density at radius 1 is 1.07 bits per heavy atom. The highest BCUT2D eigenvalue weighted by Gasteiger charge is 1.96. The molecule has 0 aliphatic carbocycles. The van der Waals surface area contributed by atoms with E-state index >= 15 is 0 Å². The molecule has 84 valence electrons. The highest BCUT2D eigenvalue weighted by atomic mass is 79.9. The molecule has 1 rings (SSSR count). The van der Waals surface area contributed by atoms with Crippen LogP contribution in [-0.2, 0) is 5.75 Å². The van der Waals surface area contributed by atoms with E-state index in [2.05, 4.69) is 48.0 Å². The summed E-state index contributed by atoms with van der Waals surface area (Å²) in [5.74, 6) is 2.43. The van der Waals surface area contributed by atoms with Crippen LogP contribution in [0.15, 0.2) is 18.2 Å². The molecule has 0 aliphatic heterocycles. The Morgan fingerprint density at radius 2 is 1.73 bits per heavy atom. The topological polar surface area (TPSA) is 0 Å². The minimum Gasteiger partial charge on any atom is -0.157 e. The molecule has 0 unspecified atom stereocenters. The number of alkyl halides is 1. The predicted molar refractivity (Wildman–Crippen MR) is 75.1 cm³/mol. The van der Waals surface area contributed by atoms with E-state index in [1.807, 2.05) is 11.8 Å². The van der Waals surface area contributed by atoms with Gasteiger partial charge >= 0.3 is 0 Å². The average molecular weight is 287 g/mol. The molecule has 0 heterocycles. The third-order valence-corrected chi connectivity index (χ3v) is 3.90. The van der Waals surface area contributed by atoms with Crippen LogP contribution in [-0.4, -0.2) is 11.1 Å². The summed E-state index contributed by atoms with van der Waals surface area (Å²) in [5, 5.41) is 1.14.